The standard InChI is InChI=1S/C9H14Si/c1-6-10(7-2,8-3)9(4)5/h1-2,9H,8H2,3-5H3. The van der Waals surface area contributed by atoms with Crippen LogP contribution in [0.3, 0.4) is 0 Å². The number of hydrogen-bond donors (Lipinski definition) is 0. The molecule has 0 amide bonds. The summed E-state index contributed by atoms with van der Waals surface area (Å²) in [7, 11) is -1.74. The normalized spacial score (nSPS) is 10.6. The lowest BCUT2D eigenvalue weighted by atomic mass is 10.6. The fraction of sp³-hybridized carbons (Fsp3) is 0.556. The highest BCUT2D eigenvalue weighted by Gasteiger charge is 2.30. The minimum Gasteiger partial charge on any atom is -0.126 e. The van der Waals surface area contributed by atoms with E-state index in [4.69, 9.17) is 12.8 Å². The zero-order valence-electron chi connectivity index (χ0n) is 6.94. The fourth-order valence-corrected chi connectivity index (χ4v) is 2.96. The van der Waals surface area contributed by atoms with Crippen LogP contribution >= 0.6 is 0 Å². The second-order valence-corrected chi connectivity index (χ2v) is 7.15. The molecule has 0 bridgehead atoms. The first-order chi connectivity index (χ1) is 4.63. The minimum atomic E-state index is -1.74. The summed E-state index contributed by atoms with van der Waals surface area (Å²) in [5.41, 5.74) is 6.14. The van der Waals surface area contributed by atoms with Gasteiger partial charge in [0.25, 0.3) is 0 Å². The van der Waals surface area contributed by atoms with Crippen molar-refractivity contribution in [2.75, 3.05) is 0 Å². The Morgan fingerprint density at radius 2 is 1.70 bits per heavy atom. The van der Waals surface area contributed by atoms with Crippen LogP contribution in [-0.4, -0.2) is 8.07 Å². The van der Waals surface area contributed by atoms with Gasteiger partial charge in [-0.3, -0.25) is 0 Å². The molecule has 0 aliphatic heterocycles. The highest BCUT2D eigenvalue weighted by molar-refractivity contribution is 6.95. The number of hydrogen-bond acceptors (Lipinski definition) is 0. The van der Waals surface area contributed by atoms with Crippen molar-refractivity contribution in [1.82, 2.24) is 0 Å². The molecule has 0 aromatic heterocycles. The maximum Gasteiger partial charge on any atom is 0.218 e. The molecule has 0 aliphatic carbocycles. The summed E-state index contributed by atoms with van der Waals surface area (Å²) in [6.07, 6.45) is 10.8. The van der Waals surface area contributed by atoms with E-state index in [1.807, 2.05) is 0 Å². The summed E-state index contributed by atoms with van der Waals surface area (Å²) in [6, 6.07) is 0.998. The van der Waals surface area contributed by atoms with Crippen LogP contribution in [-0.2, 0) is 0 Å². The predicted octanol–water partition coefficient (Wildman–Crippen LogP) is 2.21. The molecule has 0 aromatic rings. The van der Waals surface area contributed by atoms with Crippen molar-refractivity contribution in [3.05, 3.63) is 0 Å². The Kier molecular flexibility index (Phi) is 3.26. The molecule has 1 heteroatoms. The summed E-state index contributed by atoms with van der Waals surface area (Å²) in [4.78, 5) is 0. The van der Waals surface area contributed by atoms with Gasteiger partial charge in [0, 0.05) is 0 Å². The molecule has 0 fully saturated rings. The lowest BCUT2D eigenvalue weighted by Crippen LogP contribution is -2.33. The van der Waals surface area contributed by atoms with E-state index in [0.717, 1.165) is 6.04 Å². The molecule has 0 aliphatic rings. The Morgan fingerprint density at radius 1 is 1.30 bits per heavy atom. The van der Waals surface area contributed by atoms with Crippen LogP contribution in [0.4, 0.5) is 0 Å². The quantitative estimate of drug-likeness (QED) is 0.418. The first-order valence-corrected chi connectivity index (χ1v) is 5.87. The Labute approximate surface area is 65.0 Å². The Hall–Kier alpha value is -0.663. The van der Waals surface area contributed by atoms with Gasteiger partial charge in [0.05, 0.1) is 0 Å². The molecule has 0 unspecified atom stereocenters. The molecule has 0 N–H and O–H groups in total. The topological polar surface area (TPSA) is 0 Å². The average Bonchev–Trinajstić information content (AvgIpc) is 1.92. The van der Waals surface area contributed by atoms with Crippen LogP contribution in [0, 0.1) is 23.9 Å². The van der Waals surface area contributed by atoms with Crippen LogP contribution < -0.4 is 0 Å². The van der Waals surface area contributed by atoms with Crippen LogP contribution in [0.2, 0.25) is 11.6 Å². The van der Waals surface area contributed by atoms with E-state index in [9.17, 15) is 0 Å². The van der Waals surface area contributed by atoms with Crippen molar-refractivity contribution in [1.29, 1.82) is 0 Å². The van der Waals surface area contributed by atoms with Crippen molar-refractivity contribution in [3.8, 4) is 23.9 Å². The molecule has 0 rings (SSSR count). The van der Waals surface area contributed by atoms with Gasteiger partial charge in [0.15, 0.2) is 0 Å². The van der Waals surface area contributed by atoms with Crippen molar-refractivity contribution >= 4 is 8.07 Å². The highest BCUT2D eigenvalue weighted by Crippen LogP contribution is 2.22. The molecular formula is C9H14Si. The summed E-state index contributed by atoms with van der Waals surface area (Å²) in [5, 5.41) is 0. The second-order valence-electron chi connectivity index (χ2n) is 2.77. The predicted molar refractivity (Wildman–Crippen MR) is 49.0 cm³/mol. The minimum absolute atomic E-state index is 0.507. The molecule has 0 saturated heterocycles. The Morgan fingerprint density at radius 3 is 1.70 bits per heavy atom. The molecule has 0 atom stereocenters. The maximum absolute atomic E-state index is 5.40. The number of rotatable bonds is 2. The smallest absolute Gasteiger partial charge is 0.126 e. The molecule has 0 radical (unpaired) electrons. The third kappa shape index (κ3) is 1.43. The van der Waals surface area contributed by atoms with E-state index in [0.29, 0.717) is 5.54 Å². The van der Waals surface area contributed by atoms with E-state index in [1.54, 1.807) is 0 Å². The molecule has 0 aromatic carbocycles. The molecule has 0 heterocycles. The van der Waals surface area contributed by atoms with Crippen molar-refractivity contribution < 1.29 is 0 Å². The molecule has 10 heavy (non-hydrogen) atoms. The van der Waals surface area contributed by atoms with Gasteiger partial charge in [-0.1, -0.05) is 20.8 Å². The van der Waals surface area contributed by atoms with E-state index in [1.165, 1.54) is 0 Å². The largest absolute Gasteiger partial charge is 0.218 e. The van der Waals surface area contributed by atoms with Crippen LogP contribution in [0.15, 0.2) is 0 Å². The summed E-state index contributed by atoms with van der Waals surface area (Å²) >= 11 is 0. The van der Waals surface area contributed by atoms with E-state index >= 15 is 0 Å². The first kappa shape index (κ1) is 9.34. The zero-order valence-corrected chi connectivity index (χ0v) is 7.94. The van der Waals surface area contributed by atoms with Gasteiger partial charge < -0.3 is 0 Å². The molecule has 0 nitrogen and oxygen atoms in total. The zero-order chi connectivity index (χ0) is 8.20. The third-order valence-corrected chi connectivity index (χ3v) is 6.18. The lowest BCUT2D eigenvalue weighted by Gasteiger charge is -2.21. The van der Waals surface area contributed by atoms with E-state index in [2.05, 4.69) is 31.9 Å². The molecule has 0 spiro atoms. The van der Waals surface area contributed by atoms with Gasteiger partial charge in [0.2, 0.25) is 8.07 Å². The molecule has 0 saturated carbocycles. The number of terminal acetylenes is 2. The summed E-state index contributed by atoms with van der Waals surface area (Å²) in [5.74, 6) is 0. The van der Waals surface area contributed by atoms with Gasteiger partial charge in [-0.05, 0) is 11.6 Å². The Balaban J connectivity index is 4.57. The van der Waals surface area contributed by atoms with Crippen LogP contribution in [0.25, 0.3) is 0 Å². The molecule has 54 valence electrons. The maximum atomic E-state index is 5.40. The monoisotopic (exact) mass is 150 g/mol. The van der Waals surface area contributed by atoms with Crippen molar-refractivity contribution in [2.45, 2.75) is 32.4 Å². The van der Waals surface area contributed by atoms with Gasteiger partial charge in [0.1, 0.15) is 0 Å². The van der Waals surface area contributed by atoms with E-state index in [-0.39, 0.29) is 0 Å². The van der Waals surface area contributed by atoms with Gasteiger partial charge in [-0.15, -0.1) is 23.9 Å². The van der Waals surface area contributed by atoms with E-state index < -0.39 is 8.07 Å². The second kappa shape index (κ2) is 3.49. The fourth-order valence-electron chi connectivity index (χ4n) is 0.987. The summed E-state index contributed by atoms with van der Waals surface area (Å²) < 4.78 is 0. The van der Waals surface area contributed by atoms with Crippen molar-refractivity contribution in [2.24, 2.45) is 0 Å². The summed E-state index contributed by atoms with van der Waals surface area (Å²) in [6.45, 7) is 6.33. The highest BCUT2D eigenvalue weighted by atomic mass is 28.3. The third-order valence-electron chi connectivity index (χ3n) is 2.06. The van der Waals surface area contributed by atoms with Gasteiger partial charge in [-0.25, -0.2) is 0 Å². The lowest BCUT2D eigenvalue weighted by molar-refractivity contribution is 1.02. The van der Waals surface area contributed by atoms with Crippen LogP contribution in [0.5, 0.6) is 0 Å². The van der Waals surface area contributed by atoms with Crippen LogP contribution in [0.1, 0.15) is 20.8 Å². The SMILES string of the molecule is C#C[Si](C#C)(CC)C(C)C. The average molecular weight is 150 g/mol. The first-order valence-electron chi connectivity index (χ1n) is 3.58. The van der Waals surface area contributed by atoms with Gasteiger partial charge >= 0.3 is 0 Å². The molecular weight excluding hydrogens is 136 g/mol. The Bertz CT molecular complexity index is 164. The van der Waals surface area contributed by atoms with Gasteiger partial charge in [-0.2, -0.15) is 0 Å². The van der Waals surface area contributed by atoms with Crippen molar-refractivity contribution in [3.63, 3.8) is 0 Å².